The minimum atomic E-state index is -0.170. The number of nitrogens with one attached hydrogen (secondary N) is 2. The second-order valence-electron chi connectivity index (χ2n) is 7.59. The van der Waals surface area contributed by atoms with Crippen LogP contribution in [0.4, 0.5) is 5.69 Å². The molecule has 0 saturated heterocycles. The number of hydrogen-bond donors (Lipinski definition) is 2. The van der Waals surface area contributed by atoms with E-state index >= 15 is 0 Å². The van der Waals surface area contributed by atoms with Gasteiger partial charge in [0.15, 0.2) is 0 Å². The van der Waals surface area contributed by atoms with Crippen molar-refractivity contribution in [2.45, 2.75) is 65.3 Å². The van der Waals surface area contributed by atoms with E-state index in [0.29, 0.717) is 5.56 Å². The lowest BCUT2D eigenvalue weighted by Crippen LogP contribution is -2.33. The fraction of sp³-hybridized carbons (Fsp3) is 0.500. The van der Waals surface area contributed by atoms with Crippen molar-refractivity contribution in [3.8, 4) is 0 Å². The Labute approximate surface area is 144 Å². The Kier molecular flexibility index (Phi) is 4.48. The second-order valence-corrected chi connectivity index (χ2v) is 7.59. The molecule has 1 amide bonds. The number of carbonyl (C=O) groups excluding carboxylic acids is 1. The maximum absolute atomic E-state index is 12.8. The largest absolute Gasteiger partial charge is 0.376 e. The lowest BCUT2D eigenvalue weighted by Gasteiger charge is -2.33. The summed E-state index contributed by atoms with van der Waals surface area (Å²) < 4.78 is 0. The zero-order valence-corrected chi connectivity index (χ0v) is 15.1. The van der Waals surface area contributed by atoms with Gasteiger partial charge in [0.1, 0.15) is 0 Å². The highest BCUT2D eigenvalue weighted by Gasteiger charge is 2.27. The second kappa shape index (κ2) is 6.42. The van der Waals surface area contributed by atoms with Crippen LogP contribution in [0.5, 0.6) is 0 Å². The van der Waals surface area contributed by atoms with Gasteiger partial charge in [-0.15, -0.1) is 0 Å². The fourth-order valence-corrected chi connectivity index (χ4v) is 3.65. The molecule has 1 saturated carbocycles. The van der Waals surface area contributed by atoms with Crippen molar-refractivity contribution < 1.29 is 4.79 Å². The molecule has 128 valence electrons. The van der Waals surface area contributed by atoms with Gasteiger partial charge >= 0.3 is 0 Å². The van der Waals surface area contributed by atoms with E-state index in [1.807, 2.05) is 13.0 Å². The van der Waals surface area contributed by atoms with E-state index in [4.69, 9.17) is 0 Å². The molecule has 0 radical (unpaired) electrons. The standard InChI is InChI=1S/C20H27N3O/c1-13-10-16-14(2)12-20(3,4)21-18(16)17(11-13)19(24)23-22-15-8-6-5-7-9-15/h10-12,21H,5-9H2,1-4H3,(H,23,24). The number of hydrogen-bond acceptors (Lipinski definition) is 3. The number of aryl methyl sites for hydroxylation is 1. The van der Waals surface area contributed by atoms with Crippen LogP contribution in [-0.4, -0.2) is 17.2 Å². The molecule has 0 spiro atoms. The summed E-state index contributed by atoms with van der Waals surface area (Å²) in [6.07, 6.45) is 7.82. The van der Waals surface area contributed by atoms with Crippen molar-refractivity contribution in [3.05, 3.63) is 34.9 Å². The van der Waals surface area contributed by atoms with Crippen LogP contribution in [0.2, 0.25) is 0 Å². The summed E-state index contributed by atoms with van der Waals surface area (Å²) in [7, 11) is 0. The van der Waals surface area contributed by atoms with Gasteiger partial charge in [-0.2, -0.15) is 5.10 Å². The van der Waals surface area contributed by atoms with Crippen LogP contribution in [0.15, 0.2) is 23.3 Å². The summed E-state index contributed by atoms with van der Waals surface area (Å²) in [6, 6.07) is 4.07. The highest BCUT2D eigenvalue weighted by molar-refractivity contribution is 6.03. The number of amides is 1. The number of carbonyl (C=O) groups is 1. The van der Waals surface area contributed by atoms with E-state index in [-0.39, 0.29) is 11.4 Å². The minimum Gasteiger partial charge on any atom is -0.376 e. The maximum Gasteiger partial charge on any atom is 0.273 e. The van der Waals surface area contributed by atoms with Crippen LogP contribution in [0.3, 0.4) is 0 Å². The Morgan fingerprint density at radius 3 is 2.58 bits per heavy atom. The first-order valence-electron chi connectivity index (χ1n) is 8.84. The van der Waals surface area contributed by atoms with Gasteiger partial charge in [-0.3, -0.25) is 4.79 Å². The van der Waals surface area contributed by atoms with Crippen LogP contribution in [-0.2, 0) is 0 Å². The van der Waals surface area contributed by atoms with Crippen molar-refractivity contribution in [2.24, 2.45) is 5.10 Å². The van der Waals surface area contributed by atoms with Crippen molar-refractivity contribution in [1.82, 2.24) is 5.43 Å². The molecule has 1 heterocycles. The molecular weight excluding hydrogens is 298 g/mol. The summed E-state index contributed by atoms with van der Waals surface area (Å²) in [5.74, 6) is -0.133. The maximum atomic E-state index is 12.8. The number of hydrazone groups is 1. The van der Waals surface area contributed by atoms with E-state index in [9.17, 15) is 4.79 Å². The number of benzene rings is 1. The Hall–Kier alpha value is -2.10. The van der Waals surface area contributed by atoms with E-state index in [1.165, 1.54) is 24.8 Å². The summed E-state index contributed by atoms with van der Waals surface area (Å²) in [5.41, 5.74) is 8.68. The molecule has 1 aromatic rings. The van der Waals surface area contributed by atoms with Crippen LogP contribution in [0.25, 0.3) is 5.57 Å². The molecule has 1 fully saturated rings. The fourth-order valence-electron chi connectivity index (χ4n) is 3.65. The average Bonchev–Trinajstić information content (AvgIpc) is 2.53. The van der Waals surface area contributed by atoms with E-state index in [1.54, 1.807) is 0 Å². The molecule has 0 bridgehead atoms. The monoisotopic (exact) mass is 325 g/mol. The van der Waals surface area contributed by atoms with Gasteiger partial charge in [0.25, 0.3) is 5.91 Å². The molecule has 1 aliphatic carbocycles. The molecule has 2 N–H and O–H groups in total. The zero-order chi connectivity index (χ0) is 17.3. The Bertz CT molecular complexity index is 721. The molecule has 2 aliphatic rings. The first kappa shape index (κ1) is 16.7. The minimum absolute atomic E-state index is 0.133. The lowest BCUT2D eigenvalue weighted by molar-refractivity contribution is 0.0955. The molecule has 1 aromatic carbocycles. The molecular formula is C20H27N3O. The molecule has 3 rings (SSSR count). The Morgan fingerprint density at radius 1 is 1.17 bits per heavy atom. The van der Waals surface area contributed by atoms with Gasteiger partial charge in [-0.1, -0.05) is 12.5 Å². The van der Waals surface area contributed by atoms with Crippen LogP contribution in [0.1, 0.15) is 74.4 Å². The summed E-state index contributed by atoms with van der Waals surface area (Å²) >= 11 is 0. The SMILES string of the molecule is CC1=CC(C)(C)Nc2c(C(=O)NN=C3CCCCC3)cc(C)cc21. The Balaban J connectivity index is 1.91. The molecule has 0 unspecified atom stereocenters. The normalized spacial score (nSPS) is 19.0. The molecule has 24 heavy (non-hydrogen) atoms. The van der Waals surface area contributed by atoms with Crippen molar-refractivity contribution >= 4 is 22.9 Å². The number of rotatable bonds is 2. The summed E-state index contributed by atoms with van der Waals surface area (Å²) in [4.78, 5) is 12.8. The smallest absolute Gasteiger partial charge is 0.273 e. The molecule has 4 nitrogen and oxygen atoms in total. The van der Waals surface area contributed by atoms with Gasteiger partial charge in [-0.05, 0) is 76.6 Å². The zero-order valence-electron chi connectivity index (χ0n) is 15.1. The molecule has 1 aliphatic heterocycles. The van der Waals surface area contributed by atoms with Crippen molar-refractivity contribution in [1.29, 1.82) is 0 Å². The first-order valence-corrected chi connectivity index (χ1v) is 8.84. The molecule has 0 atom stereocenters. The van der Waals surface area contributed by atoms with Crippen molar-refractivity contribution in [2.75, 3.05) is 5.32 Å². The topological polar surface area (TPSA) is 53.5 Å². The van der Waals surface area contributed by atoms with E-state index in [2.05, 4.69) is 48.8 Å². The number of fused-ring (bicyclic) bond motifs is 1. The van der Waals surface area contributed by atoms with Gasteiger partial charge in [-0.25, -0.2) is 5.43 Å². The third-order valence-corrected chi connectivity index (χ3v) is 4.72. The van der Waals surface area contributed by atoms with Crippen LogP contribution in [0, 0.1) is 6.92 Å². The lowest BCUT2D eigenvalue weighted by atomic mass is 9.88. The molecule has 0 aromatic heterocycles. The molecule has 4 heteroatoms. The van der Waals surface area contributed by atoms with Gasteiger partial charge < -0.3 is 5.32 Å². The predicted octanol–water partition coefficient (Wildman–Crippen LogP) is 4.65. The van der Waals surface area contributed by atoms with Gasteiger partial charge in [0, 0.05) is 11.3 Å². The van der Waals surface area contributed by atoms with E-state index in [0.717, 1.165) is 35.4 Å². The number of nitrogens with zero attached hydrogens (tertiary/aromatic N) is 1. The van der Waals surface area contributed by atoms with E-state index < -0.39 is 0 Å². The Morgan fingerprint density at radius 2 is 1.88 bits per heavy atom. The van der Waals surface area contributed by atoms with Crippen LogP contribution < -0.4 is 10.7 Å². The van der Waals surface area contributed by atoms with Crippen molar-refractivity contribution in [3.63, 3.8) is 0 Å². The number of anilines is 1. The first-order chi connectivity index (χ1) is 11.4. The van der Waals surface area contributed by atoms with Gasteiger partial charge in [0.05, 0.1) is 16.8 Å². The summed E-state index contributed by atoms with van der Waals surface area (Å²) in [5, 5.41) is 7.86. The van der Waals surface area contributed by atoms with Crippen LogP contribution >= 0.6 is 0 Å². The van der Waals surface area contributed by atoms with Gasteiger partial charge in [0.2, 0.25) is 0 Å². The quantitative estimate of drug-likeness (QED) is 0.778. The number of allylic oxidation sites excluding steroid dienone is 1. The average molecular weight is 325 g/mol. The summed E-state index contributed by atoms with van der Waals surface area (Å²) in [6.45, 7) is 8.36. The third-order valence-electron chi connectivity index (χ3n) is 4.72. The highest BCUT2D eigenvalue weighted by Crippen LogP contribution is 2.36. The highest BCUT2D eigenvalue weighted by atomic mass is 16.2. The third kappa shape index (κ3) is 3.53. The predicted molar refractivity (Wildman–Crippen MR) is 101 cm³/mol.